The van der Waals surface area contributed by atoms with E-state index in [0.29, 0.717) is 23.8 Å². The highest BCUT2D eigenvalue weighted by atomic mass is 16.5. The van der Waals surface area contributed by atoms with Gasteiger partial charge < -0.3 is 19.9 Å². The molecule has 1 aromatic carbocycles. The number of hydrogen-bond acceptors (Lipinski definition) is 3. The number of carbonyl (C=O) groups excluding carboxylic acids is 1. The van der Waals surface area contributed by atoms with Crippen molar-refractivity contribution >= 4 is 6.03 Å². The van der Waals surface area contributed by atoms with E-state index >= 15 is 0 Å². The molecule has 31 heavy (non-hydrogen) atoms. The smallest absolute Gasteiger partial charge is 0.317 e. The van der Waals surface area contributed by atoms with Crippen LogP contribution in [0.5, 0.6) is 5.75 Å². The van der Waals surface area contributed by atoms with E-state index in [2.05, 4.69) is 67.1 Å². The molecule has 2 saturated heterocycles. The minimum absolute atomic E-state index is 0.158. The van der Waals surface area contributed by atoms with Crippen LogP contribution in [0.3, 0.4) is 0 Å². The van der Waals surface area contributed by atoms with Crippen LogP contribution in [0.25, 0.3) is 0 Å². The molecule has 1 spiro atoms. The van der Waals surface area contributed by atoms with Crippen LogP contribution < -0.4 is 10.1 Å². The quantitative estimate of drug-likeness (QED) is 0.668. The molecule has 172 valence electrons. The second-order valence-electron chi connectivity index (χ2n) is 11.0. The van der Waals surface area contributed by atoms with Crippen molar-refractivity contribution in [2.24, 2.45) is 23.2 Å². The highest BCUT2D eigenvalue weighted by Gasteiger charge is 2.57. The number of ether oxygens (including phenoxy) is 1. The van der Waals surface area contributed by atoms with Gasteiger partial charge in [-0.15, -0.1) is 0 Å². The molecule has 1 N–H and O–H groups in total. The van der Waals surface area contributed by atoms with Gasteiger partial charge in [0.05, 0.1) is 6.61 Å². The van der Waals surface area contributed by atoms with Crippen molar-refractivity contribution in [1.29, 1.82) is 0 Å². The average molecular weight is 428 g/mol. The average Bonchev–Trinajstić information content (AvgIpc) is 3.40. The zero-order chi connectivity index (χ0) is 22.0. The molecule has 5 heteroatoms. The summed E-state index contributed by atoms with van der Waals surface area (Å²) in [5.41, 5.74) is 1.65. The first-order chi connectivity index (χ1) is 14.8. The monoisotopic (exact) mass is 427 g/mol. The molecule has 0 radical (unpaired) electrons. The Hall–Kier alpha value is -1.75. The SMILES string of the molecule is CC(C)COc1ccc(CC2CC23CNC(=O)N(C2CCN(CC(C)C)CC2)C3)cc1. The Morgan fingerprint density at radius 1 is 1.10 bits per heavy atom. The summed E-state index contributed by atoms with van der Waals surface area (Å²) in [5, 5.41) is 3.23. The topological polar surface area (TPSA) is 44.8 Å². The summed E-state index contributed by atoms with van der Waals surface area (Å²) in [7, 11) is 0. The number of piperidine rings is 1. The number of benzene rings is 1. The normalized spacial score (nSPS) is 27.2. The maximum absolute atomic E-state index is 12.7. The van der Waals surface area contributed by atoms with Gasteiger partial charge in [-0.2, -0.15) is 0 Å². The van der Waals surface area contributed by atoms with Crippen molar-refractivity contribution in [1.82, 2.24) is 15.1 Å². The molecule has 2 aliphatic heterocycles. The summed E-state index contributed by atoms with van der Waals surface area (Å²) in [4.78, 5) is 17.4. The Bertz CT molecular complexity index is 740. The zero-order valence-electron chi connectivity index (χ0n) is 19.9. The lowest BCUT2D eigenvalue weighted by atomic mass is 9.94. The maximum Gasteiger partial charge on any atom is 0.317 e. The number of hydrogen-bond donors (Lipinski definition) is 1. The van der Waals surface area contributed by atoms with E-state index in [9.17, 15) is 4.79 Å². The van der Waals surface area contributed by atoms with Crippen LogP contribution in [-0.2, 0) is 6.42 Å². The zero-order valence-corrected chi connectivity index (χ0v) is 19.9. The Morgan fingerprint density at radius 3 is 2.45 bits per heavy atom. The fraction of sp³-hybridized carbons (Fsp3) is 0.731. The molecule has 0 aromatic heterocycles. The molecule has 1 saturated carbocycles. The van der Waals surface area contributed by atoms with Crippen LogP contribution in [0.15, 0.2) is 24.3 Å². The van der Waals surface area contributed by atoms with E-state index in [4.69, 9.17) is 4.74 Å². The van der Waals surface area contributed by atoms with Crippen LogP contribution in [0, 0.1) is 23.2 Å². The lowest BCUT2D eigenvalue weighted by molar-refractivity contribution is 0.0853. The molecule has 2 heterocycles. The van der Waals surface area contributed by atoms with Gasteiger partial charge in [-0.3, -0.25) is 0 Å². The third-order valence-electron chi connectivity index (χ3n) is 7.31. The molecular weight excluding hydrogens is 386 g/mol. The van der Waals surface area contributed by atoms with Gasteiger partial charge in [0, 0.05) is 44.2 Å². The number of likely N-dealkylation sites (tertiary alicyclic amines) is 1. The minimum Gasteiger partial charge on any atom is -0.493 e. The predicted octanol–water partition coefficient (Wildman–Crippen LogP) is 4.42. The van der Waals surface area contributed by atoms with Crippen molar-refractivity contribution in [2.45, 2.75) is 59.4 Å². The highest BCUT2D eigenvalue weighted by molar-refractivity contribution is 5.76. The highest BCUT2D eigenvalue weighted by Crippen LogP contribution is 2.55. The third kappa shape index (κ3) is 5.54. The van der Waals surface area contributed by atoms with Gasteiger partial charge in [0.25, 0.3) is 0 Å². The van der Waals surface area contributed by atoms with Crippen LogP contribution in [0.1, 0.15) is 52.5 Å². The summed E-state index contributed by atoms with van der Waals surface area (Å²) in [6.07, 6.45) is 4.54. The molecule has 5 nitrogen and oxygen atoms in total. The van der Waals surface area contributed by atoms with Crippen LogP contribution in [0.2, 0.25) is 0 Å². The molecule has 1 aliphatic carbocycles. The number of amides is 2. The summed E-state index contributed by atoms with van der Waals surface area (Å²) in [6, 6.07) is 9.19. The van der Waals surface area contributed by atoms with Crippen molar-refractivity contribution in [2.75, 3.05) is 39.3 Å². The van der Waals surface area contributed by atoms with E-state index in [1.54, 1.807) is 0 Å². The fourth-order valence-electron chi connectivity index (χ4n) is 5.44. The van der Waals surface area contributed by atoms with Gasteiger partial charge in [-0.25, -0.2) is 4.79 Å². The van der Waals surface area contributed by atoms with Crippen LogP contribution in [0.4, 0.5) is 4.79 Å². The van der Waals surface area contributed by atoms with Gasteiger partial charge >= 0.3 is 6.03 Å². The Balaban J connectivity index is 1.29. The number of rotatable bonds is 8. The standard InChI is InChI=1S/C26H41N3O2/c1-19(2)15-28-11-9-23(10-12-28)29-18-26(17-27-25(29)30)14-22(26)13-21-5-7-24(8-6-21)31-16-20(3)4/h5-8,19-20,22-23H,9-18H2,1-4H3,(H,27,30). The first-order valence-corrected chi connectivity index (χ1v) is 12.3. The lowest BCUT2D eigenvalue weighted by Gasteiger charge is -2.43. The summed E-state index contributed by atoms with van der Waals surface area (Å²) < 4.78 is 5.82. The molecule has 2 unspecified atom stereocenters. The van der Waals surface area contributed by atoms with E-state index < -0.39 is 0 Å². The van der Waals surface area contributed by atoms with Crippen molar-refractivity contribution in [3.05, 3.63) is 29.8 Å². The molecule has 2 atom stereocenters. The summed E-state index contributed by atoms with van der Waals surface area (Å²) in [6.45, 7) is 14.9. The van der Waals surface area contributed by atoms with Crippen LogP contribution >= 0.6 is 0 Å². The molecule has 1 aromatic rings. The van der Waals surface area contributed by atoms with Crippen molar-refractivity contribution < 1.29 is 9.53 Å². The second kappa shape index (κ2) is 9.40. The maximum atomic E-state index is 12.7. The minimum atomic E-state index is 0.158. The first-order valence-electron chi connectivity index (χ1n) is 12.3. The number of carbonyl (C=O) groups is 1. The third-order valence-corrected chi connectivity index (χ3v) is 7.31. The number of nitrogens with one attached hydrogen (secondary N) is 1. The van der Waals surface area contributed by atoms with E-state index in [0.717, 1.165) is 57.8 Å². The Morgan fingerprint density at radius 2 is 1.81 bits per heavy atom. The van der Waals surface area contributed by atoms with Crippen molar-refractivity contribution in [3.63, 3.8) is 0 Å². The molecule has 0 bridgehead atoms. The Kier molecular flexibility index (Phi) is 6.80. The Labute approximate surface area is 188 Å². The molecule has 2 amide bonds. The summed E-state index contributed by atoms with van der Waals surface area (Å²) >= 11 is 0. The number of nitrogens with zero attached hydrogens (tertiary/aromatic N) is 2. The molecule has 3 aliphatic rings. The molecular formula is C26H41N3O2. The molecule has 4 rings (SSSR count). The largest absolute Gasteiger partial charge is 0.493 e. The van der Waals surface area contributed by atoms with Gasteiger partial charge in [-0.1, -0.05) is 39.8 Å². The van der Waals surface area contributed by atoms with Gasteiger partial charge in [0.2, 0.25) is 0 Å². The lowest BCUT2D eigenvalue weighted by Crippen LogP contribution is -2.58. The van der Waals surface area contributed by atoms with Gasteiger partial charge in [0.1, 0.15) is 5.75 Å². The van der Waals surface area contributed by atoms with Crippen molar-refractivity contribution in [3.8, 4) is 5.75 Å². The summed E-state index contributed by atoms with van der Waals surface area (Å²) in [5.74, 6) is 2.88. The predicted molar refractivity (Wildman–Crippen MR) is 125 cm³/mol. The first kappa shape index (κ1) is 22.4. The molecule has 3 fully saturated rings. The van der Waals surface area contributed by atoms with E-state index in [-0.39, 0.29) is 11.4 Å². The number of urea groups is 1. The van der Waals surface area contributed by atoms with E-state index in [1.165, 1.54) is 18.5 Å². The van der Waals surface area contributed by atoms with Crippen LogP contribution in [-0.4, -0.2) is 61.2 Å². The second-order valence-corrected chi connectivity index (χ2v) is 11.0. The van der Waals surface area contributed by atoms with Gasteiger partial charge in [-0.05, 0) is 61.1 Å². The van der Waals surface area contributed by atoms with Gasteiger partial charge in [0.15, 0.2) is 0 Å². The van der Waals surface area contributed by atoms with E-state index in [1.807, 2.05) is 0 Å². The fourth-order valence-corrected chi connectivity index (χ4v) is 5.44.